The smallest absolute Gasteiger partial charge is 0.0683 e. The summed E-state index contributed by atoms with van der Waals surface area (Å²) < 4.78 is 0. The van der Waals surface area contributed by atoms with Crippen molar-refractivity contribution in [2.45, 2.75) is 19.6 Å². The molecule has 0 saturated carbocycles. The van der Waals surface area contributed by atoms with Crippen LogP contribution in [0.3, 0.4) is 0 Å². The maximum atomic E-state index is 5.59. The van der Waals surface area contributed by atoms with Crippen molar-refractivity contribution in [3.05, 3.63) is 34.9 Å². The normalized spacial score (nSPS) is 10.2. The standard InChI is InChI=1S/C10H13ClS/c1-8-3-9(2)5-10(4-8)6-12-7-11/h3-5H,6-7H2,1-2H3. The van der Waals surface area contributed by atoms with Gasteiger partial charge in [-0.25, -0.2) is 0 Å². The second kappa shape index (κ2) is 4.78. The zero-order valence-electron chi connectivity index (χ0n) is 7.43. The van der Waals surface area contributed by atoms with E-state index in [1.165, 1.54) is 16.7 Å². The Morgan fingerprint density at radius 2 is 1.75 bits per heavy atom. The zero-order valence-corrected chi connectivity index (χ0v) is 9.00. The summed E-state index contributed by atoms with van der Waals surface area (Å²) in [5.41, 5.74) is 4.04. The Bertz CT molecular complexity index is 238. The molecule has 2 heteroatoms. The Hall–Kier alpha value is -0.140. The summed E-state index contributed by atoms with van der Waals surface area (Å²) in [5, 5.41) is 0.674. The number of hydrogen-bond acceptors (Lipinski definition) is 1. The molecule has 0 aliphatic heterocycles. The van der Waals surface area contributed by atoms with E-state index < -0.39 is 0 Å². The summed E-state index contributed by atoms with van der Waals surface area (Å²) in [5.74, 6) is 1.02. The SMILES string of the molecule is Cc1cc(C)cc(CSCCl)c1. The topological polar surface area (TPSA) is 0 Å². The first-order valence-electron chi connectivity index (χ1n) is 3.93. The first-order chi connectivity index (χ1) is 5.72. The second-order valence-electron chi connectivity index (χ2n) is 2.95. The molecule has 0 unspecified atom stereocenters. The maximum Gasteiger partial charge on any atom is 0.0683 e. The molecule has 66 valence electrons. The van der Waals surface area contributed by atoms with E-state index in [1.54, 1.807) is 11.8 Å². The molecular formula is C10H13ClS. The van der Waals surface area contributed by atoms with E-state index in [4.69, 9.17) is 11.6 Å². The van der Waals surface area contributed by atoms with E-state index in [2.05, 4.69) is 32.0 Å². The zero-order chi connectivity index (χ0) is 8.97. The van der Waals surface area contributed by atoms with Crippen LogP contribution in [0.15, 0.2) is 18.2 Å². The van der Waals surface area contributed by atoms with Gasteiger partial charge in [0.15, 0.2) is 0 Å². The molecule has 0 amide bonds. The van der Waals surface area contributed by atoms with Gasteiger partial charge in [-0.3, -0.25) is 0 Å². The molecule has 0 bridgehead atoms. The van der Waals surface area contributed by atoms with Crippen molar-refractivity contribution < 1.29 is 0 Å². The molecule has 0 aliphatic rings. The summed E-state index contributed by atoms with van der Waals surface area (Å²) in [6, 6.07) is 6.62. The van der Waals surface area contributed by atoms with Crippen LogP contribution in [0, 0.1) is 13.8 Å². The van der Waals surface area contributed by atoms with Crippen molar-refractivity contribution in [1.82, 2.24) is 0 Å². The van der Waals surface area contributed by atoms with Gasteiger partial charge in [0.25, 0.3) is 0 Å². The van der Waals surface area contributed by atoms with Crippen LogP contribution in [0.1, 0.15) is 16.7 Å². The van der Waals surface area contributed by atoms with Crippen LogP contribution in [0.4, 0.5) is 0 Å². The largest absolute Gasteiger partial charge is 0.141 e. The van der Waals surface area contributed by atoms with Crippen LogP contribution in [0.25, 0.3) is 0 Å². The van der Waals surface area contributed by atoms with Gasteiger partial charge in [-0.15, -0.1) is 23.4 Å². The van der Waals surface area contributed by atoms with Gasteiger partial charge >= 0.3 is 0 Å². The Labute approximate surface area is 83.3 Å². The Morgan fingerprint density at radius 1 is 1.17 bits per heavy atom. The molecule has 0 fully saturated rings. The maximum absolute atomic E-state index is 5.59. The molecule has 0 radical (unpaired) electrons. The van der Waals surface area contributed by atoms with Crippen LogP contribution in [0.2, 0.25) is 0 Å². The van der Waals surface area contributed by atoms with Gasteiger partial charge in [0.05, 0.1) is 5.21 Å². The van der Waals surface area contributed by atoms with Gasteiger partial charge in [0.2, 0.25) is 0 Å². The number of halogens is 1. The lowest BCUT2D eigenvalue weighted by Gasteiger charge is -2.02. The van der Waals surface area contributed by atoms with Crippen LogP contribution in [0.5, 0.6) is 0 Å². The number of hydrogen-bond donors (Lipinski definition) is 0. The van der Waals surface area contributed by atoms with Crippen LogP contribution < -0.4 is 0 Å². The fourth-order valence-corrected chi connectivity index (χ4v) is 2.02. The van der Waals surface area contributed by atoms with Crippen molar-refractivity contribution >= 4 is 23.4 Å². The average Bonchev–Trinajstić information content (AvgIpc) is 1.99. The Balaban J connectivity index is 2.72. The monoisotopic (exact) mass is 200 g/mol. The first kappa shape index (κ1) is 9.94. The number of rotatable bonds is 3. The molecule has 1 aromatic rings. The van der Waals surface area contributed by atoms with E-state index in [0.717, 1.165) is 5.75 Å². The number of alkyl halides is 1. The fourth-order valence-electron chi connectivity index (χ4n) is 1.31. The van der Waals surface area contributed by atoms with E-state index in [-0.39, 0.29) is 0 Å². The van der Waals surface area contributed by atoms with Gasteiger partial charge in [0.1, 0.15) is 0 Å². The summed E-state index contributed by atoms with van der Waals surface area (Å²) >= 11 is 7.34. The van der Waals surface area contributed by atoms with Crippen molar-refractivity contribution in [3.8, 4) is 0 Å². The molecule has 0 atom stereocenters. The molecule has 0 spiro atoms. The summed E-state index contributed by atoms with van der Waals surface area (Å²) in [6.07, 6.45) is 0. The van der Waals surface area contributed by atoms with Crippen molar-refractivity contribution in [3.63, 3.8) is 0 Å². The van der Waals surface area contributed by atoms with E-state index >= 15 is 0 Å². The number of aryl methyl sites for hydroxylation is 2. The molecule has 0 heterocycles. The predicted octanol–water partition coefficient (Wildman–Crippen LogP) is 3.73. The quantitative estimate of drug-likeness (QED) is 0.670. The third kappa shape index (κ3) is 3.08. The number of benzene rings is 1. The van der Waals surface area contributed by atoms with Crippen molar-refractivity contribution in [2.75, 3.05) is 5.21 Å². The Kier molecular flexibility index (Phi) is 3.96. The molecule has 12 heavy (non-hydrogen) atoms. The van der Waals surface area contributed by atoms with E-state index in [9.17, 15) is 0 Å². The summed E-state index contributed by atoms with van der Waals surface area (Å²) in [4.78, 5) is 0. The minimum Gasteiger partial charge on any atom is -0.141 e. The van der Waals surface area contributed by atoms with Gasteiger partial charge in [-0.05, 0) is 19.4 Å². The predicted molar refractivity (Wildman–Crippen MR) is 57.9 cm³/mol. The van der Waals surface area contributed by atoms with Crippen LogP contribution >= 0.6 is 23.4 Å². The lowest BCUT2D eigenvalue weighted by Crippen LogP contribution is -1.84. The van der Waals surface area contributed by atoms with Gasteiger partial charge < -0.3 is 0 Å². The minimum atomic E-state index is 0.674. The lowest BCUT2D eigenvalue weighted by molar-refractivity contribution is 1.30. The average molecular weight is 201 g/mol. The third-order valence-electron chi connectivity index (χ3n) is 1.63. The highest BCUT2D eigenvalue weighted by atomic mass is 35.5. The van der Waals surface area contributed by atoms with Crippen molar-refractivity contribution in [2.24, 2.45) is 0 Å². The van der Waals surface area contributed by atoms with Gasteiger partial charge in [0, 0.05) is 5.75 Å². The van der Waals surface area contributed by atoms with E-state index in [1.807, 2.05) is 0 Å². The molecule has 0 aromatic heterocycles. The minimum absolute atomic E-state index is 0.674. The molecule has 1 aromatic carbocycles. The highest BCUT2D eigenvalue weighted by Gasteiger charge is 1.95. The second-order valence-corrected chi connectivity index (χ2v) is 4.52. The molecule has 1 rings (SSSR count). The third-order valence-corrected chi connectivity index (χ3v) is 2.78. The molecule has 0 aliphatic carbocycles. The highest BCUT2D eigenvalue weighted by molar-refractivity contribution is 7.99. The van der Waals surface area contributed by atoms with Crippen molar-refractivity contribution in [1.29, 1.82) is 0 Å². The summed E-state index contributed by atoms with van der Waals surface area (Å²) in [6.45, 7) is 4.25. The van der Waals surface area contributed by atoms with Crippen LogP contribution in [-0.4, -0.2) is 5.21 Å². The van der Waals surface area contributed by atoms with Gasteiger partial charge in [-0.2, -0.15) is 0 Å². The molecular weight excluding hydrogens is 188 g/mol. The highest BCUT2D eigenvalue weighted by Crippen LogP contribution is 2.16. The Morgan fingerprint density at radius 3 is 2.25 bits per heavy atom. The molecule has 0 N–H and O–H groups in total. The van der Waals surface area contributed by atoms with E-state index in [0.29, 0.717) is 5.21 Å². The molecule has 0 nitrogen and oxygen atoms in total. The fraction of sp³-hybridized carbons (Fsp3) is 0.400. The summed E-state index contributed by atoms with van der Waals surface area (Å²) in [7, 11) is 0. The van der Waals surface area contributed by atoms with Gasteiger partial charge in [-0.1, -0.05) is 29.3 Å². The van der Waals surface area contributed by atoms with Crippen LogP contribution in [-0.2, 0) is 5.75 Å². The first-order valence-corrected chi connectivity index (χ1v) is 5.62. The molecule has 0 saturated heterocycles. The lowest BCUT2D eigenvalue weighted by atomic mass is 10.1. The number of thioether (sulfide) groups is 1.